The maximum atomic E-state index is 12.6. The highest BCUT2D eigenvalue weighted by Gasteiger charge is 2.38. The number of nitrogens with zero attached hydrogens (tertiary/aromatic N) is 1. The number of rotatable bonds is 4. The number of hydrogen-bond acceptors (Lipinski definition) is 2. The molecule has 2 aliphatic rings. The summed E-state index contributed by atoms with van der Waals surface area (Å²) in [5.74, 6) is 0.111. The minimum Gasteiger partial charge on any atom is -0.549 e. The Morgan fingerprint density at radius 3 is 2.70 bits per heavy atom. The fourth-order valence-electron chi connectivity index (χ4n) is 2.46. The van der Waals surface area contributed by atoms with Gasteiger partial charge in [0.1, 0.15) is 0 Å². The molecule has 0 aromatic heterocycles. The van der Waals surface area contributed by atoms with Crippen molar-refractivity contribution in [3.63, 3.8) is 0 Å². The van der Waals surface area contributed by atoms with Gasteiger partial charge in [-0.25, -0.2) is 0 Å². The molecule has 4 heteroatoms. The van der Waals surface area contributed by atoms with Crippen LogP contribution in [0.2, 0.25) is 18.1 Å². The number of hydrogen-bond donors (Lipinski definition) is 0. The highest BCUT2D eigenvalue weighted by atomic mass is 28.4. The normalized spacial score (nSPS) is 20.8. The molecule has 0 radical (unpaired) electrons. The highest BCUT2D eigenvalue weighted by molar-refractivity contribution is 6.74. The molecule has 0 spiro atoms. The van der Waals surface area contributed by atoms with E-state index in [2.05, 4.69) is 46.5 Å². The molecule has 0 N–H and O–H groups in total. The number of allylic oxidation sites excluding steroid dienone is 3. The van der Waals surface area contributed by atoms with Crippen molar-refractivity contribution in [1.82, 2.24) is 4.90 Å². The van der Waals surface area contributed by atoms with Gasteiger partial charge in [-0.15, -0.1) is 6.58 Å². The van der Waals surface area contributed by atoms with Gasteiger partial charge >= 0.3 is 0 Å². The van der Waals surface area contributed by atoms with Crippen LogP contribution in [-0.4, -0.2) is 32.2 Å². The molecule has 1 aliphatic heterocycles. The van der Waals surface area contributed by atoms with E-state index in [4.69, 9.17) is 4.43 Å². The van der Waals surface area contributed by atoms with Crippen LogP contribution in [0.3, 0.4) is 0 Å². The van der Waals surface area contributed by atoms with Gasteiger partial charge in [-0.1, -0.05) is 32.9 Å². The molecule has 0 atom stereocenters. The summed E-state index contributed by atoms with van der Waals surface area (Å²) in [5.41, 5.74) is 3.09. The zero-order valence-corrected chi connectivity index (χ0v) is 16.1. The van der Waals surface area contributed by atoms with Crippen LogP contribution < -0.4 is 0 Å². The quantitative estimate of drug-likeness (QED) is 0.429. The number of amides is 1. The summed E-state index contributed by atoms with van der Waals surface area (Å²) in [7, 11) is -1.81. The number of carbonyl (C=O) groups is 1. The largest absolute Gasteiger partial charge is 0.549 e. The van der Waals surface area contributed by atoms with Gasteiger partial charge in [-0.05, 0) is 48.2 Å². The van der Waals surface area contributed by atoms with Crippen LogP contribution in [0.15, 0.2) is 47.8 Å². The molecule has 23 heavy (non-hydrogen) atoms. The molecule has 1 amide bonds. The minimum atomic E-state index is -1.81. The lowest BCUT2D eigenvalue weighted by Crippen LogP contribution is -2.39. The Labute approximate surface area is 141 Å². The smallest absolute Gasteiger partial charge is 0.254 e. The van der Waals surface area contributed by atoms with Gasteiger partial charge in [-0.3, -0.25) is 4.79 Å². The Bertz CT molecular complexity index is 591. The Morgan fingerprint density at radius 2 is 2.09 bits per heavy atom. The van der Waals surface area contributed by atoms with Gasteiger partial charge in [0.15, 0.2) is 0 Å². The molecule has 0 unspecified atom stereocenters. The van der Waals surface area contributed by atoms with E-state index in [1.54, 1.807) is 6.08 Å². The Kier molecular flexibility index (Phi) is 5.04. The van der Waals surface area contributed by atoms with Crippen molar-refractivity contribution in [3.05, 3.63) is 47.8 Å². The first-order valence-corrected chi connectivity index (χ1v) is 11.2. The molecular formula is C19H29NO2Si. The molecule has 0 aromatic carbocycles. The number of likely N-dealkylation sites (tertiary alicyclic amines) is 1. The number of carbonyl (C=O) groups excluding carboxylic acids is 1. The van der Waals surface area contributed by atoms with Crippen LogP contribution >= 0.6 is 0 Å². The SMILES string of the molecule is C=CCN1CCC2=CCC(=CO[Si](C)(C)C(C)(C)C)C=C2C1=O. The van der Waals surface area contributed by atoms with E-state index < -0.39 is 8.32 Å². The summed E-state index contributed by atoms with van der Waals surface area (Å²) in [6, 6.07) is 0. The lowest BCUT2D eigenvalue weighted by atomic mass is 9.89. The molecular weight excluding hydrogens is 302 g/mol. The minimum absolute atomic E-state index is 0.111. The van der Waals surface area contributed by atoms with Crippen LogP contribution in [0, 0.1) is 0 Å². The van der Waals surface area contributed by atoms with Gasteiger partial charge in [0.05, 0.1) is 6.26 Å². The van der Waals surface area contributed by atoms with E-state index in [1.807, 2.05) is 17.2 Å². The molecule has 0 bridgehead atoms. The molecule has 1 fully saturated rings. The van der Waals surface area contributed by atoms with Crippen molar-refractivity contribution >= 4 is 14.2 Å². The molecule has 0 saturated carbocycles. The Morgan fingerprint density at radius 1 is 1.39 bits per heavy atom. The zero-order chi connectivity index (χ0) is 17.3. The summed E-state index contributed by atoms with van der Waals surface area (Å²) < 4.78 is 6.18. The van der Waals surface area contributed by atoms with E-state index in [9.17, 15) is 4.79 Å². The van der Waals surface area contributed by atoms with E-state index in [0.29, 0.717) is 6.54 Å². The van der Waals surface area contributed by atoms with E-state index in [0.717, 1.165) is 30.5 Å². The molecule has 1 aliphatic carbocycles. The third-order valence-corrected chi connectivity index (χ3v) is 9.41. The maximum absolute atomic E-state index is 12.6. The monoisotopic (exact) mass is 331 g/mol. The second-order valence-corrected chi connectivity index (χ2v) is 12.6. The van der Waals surface area contributed by atoms with E-state index in [-0.39, 0.29) is 10.9 Å². The molecule has 126 valence electrons. The molecule has 3 nitrogen and oxygen atoms in total. The van der Waals surface area contributed by atoms with Gasteiger partial charge < -0.3 is 9.33 Å². The Hall–Kier alpha value is -1.55. The molecule has 0 aromatic rings. The van der Waals surface area contributed by atoms with Crippen molar-refractivity contribution in [1.29, 1.82) is 0 Å². The van der Waals surface area contributed by atoms with Crippen LogP contribution in [-0.2, 0) is 9.22 Å². The fourth-order valence-corrected chi connectivity index (χ4v) is 3.26. The average molecular weight is 332 g/mol. The lowest BCUT2D eigenvalue weighted by Gasteiger charge is -2.35. The summed E-state index contributed by atoms with van der Waals surface area (Å²) in [4.78, 5) is 14.4. The summed E-state index contributed by atoms with van der Waals surface area (Å²) in [6.45, 7) is 16.3. The third kappa shape index (κ3) is 3.86. The topological polar surface area (TPSA) is 29.5 Å². The van der Waals surface area contributed by atoms with E-state index >= 15 is 0 Å². The molecule has 1 heterocycles. The van der Waals surface area contributed by atoms with Gasteiger partial charge in [0.25, 0.3) is 5.91 Å². The van der Waals surface area contributed by atoms with Crippen molar-refractivity contribution in [2.45, 2.75) is 51.7 Å². The maximum Gasteiger partial charge on any atom is 0.254 e. The second kappa shape index (κ2) is 6.52. The predicted molar refractivity (Wildman–Crippen MR) is 98.5 cm³/mol. The number of fused-ring (bicyclic) bond motifs is 1. The van der Waals surface area contributed by atoms with Gasteiger partial charge in [-0.2, -0.15) is 0 Å². The first kappa shape index (κ1) is 17.8. The van der Waals surface area contributed by atoms with Crippen molar-refractivity contribution in [2.24, 2.45) is 0 Å². The highest BCUT2D eigenvalue weighted by Crippen LogP contribution is 2.37. The van der Waals surface area contributed by atoms with Gasteiger partial charge in [0, 0.05) is 18.7 Å². The van der Waals surface area contributed by atoms with E-state index in [1.165, 1.54) is 5.57 Å². The standard InChI is InChI=1S/C19H29NO2Si/c1-7-11-20-12-10-16-9-8-15(13-17(16)18(20)21)14-22-23(5,6)19(2,3)4/h7,9,13-14H,1,8,10-12H2,2-6H3. The first-order chi connectivity index (χ1) is 10.7. The van der Waals surface area contributed by atoms with Gasteiger partial charge in [0.2, 0.25) is 8.32 Å². The number of piperidine rings is 1. The molecule has 1 saturated heterocycles. The third-order valence-electron chi connectivity index (χ3n) is 5.09. The second-order valence-electron chi connectivity index (χ2n) is 7.85. The van der Waals surface area contributed by atoms with Crippen LogP contribution in [0.4, 0.5) is 0 Å². The van der Waals surface area contributed by atoms with Crippen LogP contribution in [0.5, 0.6) is 0 Å². The van der Waals surface area contributed by atoms with Crippen LogP contribution in [0.1, 0.15) is 33.6 Å². The molecule has 2 rings (SSSR count). The van der Waals surface area contributed by atoms with Crippen molar-refractivity contribution in [3.8, 4) is 0 Å². The summed E-state index contributed by atoms with van der Waals surface area (Å²) in [6.07, 6.45) is 9.65. The summed E-state index contributed by atoms with van der Waals surface area (Å²) >= 11 is 0. The lowest BCUT2D eigenvalue weighted by molar-refractivity contribution is -0.127. The van der Waals surface area contributed by atoms with Crippen molar-refractivity contribution < 1.29 is 9.22 Å². The van der Waals surface area contributed by atoms with Crippen molar-refractivity contribution in [2.75, 3.05) is 13.1 Å². The zero-order valence-electron chi connectivity index (χ0n) is 15.1. The fraction of sp³-hybridized carbons (Fsp3) is 0.526. The first-order valence-electron chi connectivity index (χ1n) is 8.34. The van der Waals surface area contributed by atoms with Crippen LogP contribution in [0.25, 0.3) is 0 Å². The summed E-state index contributed by atoms with van der Waals surface area (Å²) in [5, 5.41) is 0.175. The Balaban J connectivity index is 2.17. The predicted octanol–water partition coefficient (Wildman–Crippen LogP) is 4.57. The average Bonchev–Trinajstić information content (AvgIpc) is 2.47.